The largest absolute Gasteiger partial charge is 0.454 e. The molecule has 1 aliphatic heterocycles. The molecular weight excluding hydrogens is 336 g/mol. The monoisotopic (exact) mass is 354 g/mol. The van der Waals surface area contributed by atoms with Crippen molar-refractivity contribution in [1.82, 2.24) is 4.57 Å². The maximum Gasteiger partial charge on any atom is 0.252 e. The molecule has 1 aromatic heterocycles. The van der Waals surface area contributed by atoms with Crippen LogP contribution in [0, 0.1) is 13.8 Å². The third-order valence-corrected chi connectivity index (χ3v) is 5.46. The SMILES string of the molecule is Cc1ccc(CC(=O)N=c2sc3cc4c(cc3n2C)OCO4)c(C)c1. The van der Waals surface area contributed by atoms with Crippen molar-refractivity contribution in [1.29, 1.82) is 0 Å². The lowest BCUT2D eigenvalue weighted by molar-refractivity contribution is -0.117. The van der Waals surface area contributed by atoms with Crippen molar-refractivity contribution in [2.45, 2.75) is 20.3 Å². The molecule has 0 fully saturated rings. The average molecular weight is 354 g/mol. The van der Waals surface area contributed by atoms with Crippen molar-refractivity contribution >= 4 is 27.5 Å². The number of carbonyl (C=O) groups excluding carboxylic acids is 1. The van der Waals surface area contributed by atoms with Crippen LogP contribution in [0.3, 0.4) is 0 Å². The number of fused-ring (bicyclic) bond motifs is 2. The minimum Gasteiger partial charge on any atom is -0.454 e. The summed E-state index contributed by atoms with van der Waals surface area (Å²) in [5, 5.41) is 0. The van der Waals surface area contributed by atoms with Gasteiger partial charge in [0.25, 0.3) is 5.91 Å². The number of nitrogens with zero attached hydrogens (tertiary/aromatic N) is 2. The normalized spacial score (nSPS) is 13.6. The van der Waals surface area contributed by atoms with Crippen LogP contribution in [-0.4, -0.2) is 17.3 Å². The summed E-state index contributed by atoms with van der Waals surface area (Å²) in [5.74, 6) is 1.32. The lowest BCUT2D eigenvalue weighted by atomic mass is 10.0. The van der Waals surface area contributed by atoms with Gasteiger partial charge in [0.15, 0.2) is 16.3 Å². The first-order valence-corrected chi connectivity index (χ1v) is 8.86. The average Bonchev–Trinajstić information content (AvgIpc) is 3.13. The fourth-order valence-electron chi connectivity index (χ4n) is 2.98. The summed E-state index contributed by atoms with van der Waals surface area (Å²) in [6, 6.07) is 9.99. The topological polar surface area (TPSA) is 52.8 Å². The number of benzene rings is 2. The summed E-state index contributed by atoms with van der Waals surface area (Å²) < 4.78 is 13.8. The van der Waals surface area contributed by atoms with Crippen molar-refractivity contribution in [3.8, 4) is 11.5 Å². The first-order chi connectivity index (χ1) is 12.0. The molecular formula is C19H18N2O3S. The second kappa shape index (κ2) is 6.04. The highest BCUT2D eigenvalue weighted by atomic mass is 32.1. The summed E-state index contributed by atoms with van der Waals surface area (Å²) in [6.45, 7) is 4.32. The number of aromatic nitrogens is 1. The minimum absolute atomic E-state index is 0.144. The molecule has 2 heterocycles. The molecule has 1 amide bonds. The number of hydrogen-bond acceptors (Lipinski definition) is 4. The van der Waals surface area contributed by atoms with Gasteiger partial charge in [-0.3, -0.25) is 4.79 Å². The Morgan fingerprint density at radius 3 is 2.72 bits per heavy atom. The Bertz CT molecular complexity index is 1060. The van der Waals surface area contributed by atoms with Gasteiger partial charge < -0.3 is 14.0 Å². The molecule has 0 N–H and O–H groups in total. The summed E-state index contributed by atoms with van der Waals surface area (Å²) in [7, 11) is 1.91. The van der Waals surface area contributed by atoms with Crippen molar-refractivity contribution < 1.29 is 14.3 Å². The van der Waals surface area contributed by atoms with Gasteiger partial charge >= 0.3 is 0 Å². The Labute approximate surface area is 149 Å². The van der Waals surface area contributed by atoms with E-state index in [9.17, 15) is 4.79 Å². The highest BCUT2D eigenvalue weighted by Gasteiger charge is 2.17. The van der Waals surface area contributed by atoms with Gasteiger partial charge in [-0.25, -0.2) is 0 Å². The summed E-state index contributed by atoms with van der Waals surface area (Å²) in [5.41, 5.74) is 4.31. The van der Waals surface area contributed by atoms with E-state index in [0.717, 1.165) is 32.8 Å². The van der Waals surface area contributed by atoms with Gasteiger partial charge in [-0.15, -0.1) is 0 Å². The summed E-state index contributed by atoms with van der Waals surface area (Å²) >= 11 is 1.48. The molecule has 0 spiro atoms. The molecule has 0 atom stereocenters. The van der Waals surface area contributed by atoms with Gasteiger partial charge in [0, 0.05) is 19.2 Å². The molecule has 6 heteroatoms. The zero-order chi connectivity index (χ0) is 17.6. The number of aryl methyl sites for hydroxylation is 3. The lowest BCUT2D eigenvalue weighted by Crippen LogP contribution is -2.14. The fourth-order valence-corrected chi connectivity index (χ4v) is 4.02. The Kier molecular flexibility index (Phi) is 3.84. The Morgan fingerprint density at radius 2 is 1.96 bits per heavy atom. The maximum atomic E-state index is 12.4. The van der Waals surface area contributed by atoms with Crippen LogP contribution in [0.25, 0.3) is 10.2 Å². The lowest BCUT2D eigenvalue weighted by Gasteiger charge is -2.04. The van der Waals surface area contributed by atoms with Crippen LogP contribution < -0.4 is 14.3 Å². The molecule has 0 radical (unpaired) electrons. The van der Waals surface area contributed by atoms with Crippen molar-refractivity contribution in [3.63, 3.8) is 0 Å². The highest BCUT2D eigenvalue weighted by Crippen LogP contribution is 2.36. The second-order valence-electron chi connectivity index (χ2n) is 6.23. The van der Waals surface area contributed by atoms with Crippen LogP contribution in [0.2, 0.25) is 0 Å². The summed E-state index contributed by atoms with van der Waals surface area (Å²) in [4.78, 5) is 17.4. The quantitative estimate of drug-likeness (QED) is 0.710. The first-order valence-electron chi connectivity index (χ1n) is 8.04. The third kappa shape index (κ3) is 2.93. The van der Waals surface area contributed by atoms with Gasteiger partial charge in [0.1, 0.15) is 0 Å². The van der Waals surface area contributed by atoms with Crippen LogP contribution in [0.15, 0.2) is 35.3 Å². The Balaban J connectivity index is 1.68. The molecule has 2 aromatic carbocycles. The van der Waals surface area contributed by atoms with Crippen LogP contribution >= 0.6 is 11.3 Å². The molecule has 128 valence electrons. The van der Waals surface area contributed by atoms with Gasteiger partial charge in [0.2, 0.25) is 6.79 Å². The molecule has 3 aromatic rings. The zero-order valence-corrected chi connectivity index (χ0v) is 15.1. The van der Waals surface area contributed by atoms with E-state index in [2.05, 4.69) is 11.1 Å². The van der Waals surface area contributed by atoms with Crippen LogP contribution in [0.4, 0.5) is 0 Å². The molecule has 0 bridgehead atoms. The van der Waals surface area contributed by atoms with Gasteiger partial charge in [-0.2, -0.15) is 4.99 Å². The first kappa shape index (κ1) is 15.9. The van der Waals surface area contributed by atoms with Gasteiger partial charge in [0.05, 0.1) is 16.6 Å². The molecule has 25 heavy (non-hydrogen) atoms. The highest BCUT2D eigenvalue weighted by molar-refractivity contribution is 7.16. The molecule has 0 saturated heterocycles. The van der Waals surface area contributed by atoms with Gasteiger partial charge in [-0.1, -0.05) is 35.1 Å². The van der Waals surface area contributed by atoms with Crippen molar-refractivity contribution in [2.24, 2.45) is 12.0 Å². The zero-order valence-electron chi connectivity index (χ0n) is 14.3. The molecule has 4 rings (SSSR count). The van der Waals surface area contributed by atoms with Crippen molar-refractivity contribution in [3.05, 3.63) is 51.8 Å². The molecule has 1 aliphatic rings. The smallest absolute Gasteiger partial charge is 0.252 e. The fraction of sp³-hybridized carbons (Fsp3) is 0.263. The maximum absolute atomic E-state index is 12.4. The van der Waals surface area contributed by atoms with Crippen LogP contribution in [0.5, 0.6) is 11.5 Å². The number of hydrogen-bond donors (Lipinski definition) is 0. The molecule has 0 unspecified atom stereocenters. The summed E-state index contributed by atoms with van der Waals surface area (Å²) in [6.07, 6.45) is 0.309. The third-order valence-electron chi connectivity index (χ3n) is 4.36. The molecule has 0 saturated carbocycles. The second-order valence-corrected chi connectivity index (χ2v) is 7.24. The van der Waals surface area contributed by atoms with E-state index in [-0.39, 0.29) is 12.7 Å². The number of ether oxygens (including phenoxy) is 2. The van der Waals surface area contributed by atoms with E-state index in [0.29, 0.717) is 11.2 Å². The molecule has 0 aliphatic carbocycles. The van der Waals surface area contributed by atoms with E-state index in [4.69, 9.17) is 9.47 Å². The van der Waals surface area contributed by atoms with Crippen molar-refractivity contribution in [2.75, 3.05) is 6.79 Å². The Morgan fingerprint density at radius 1 is 1.20 bits per heavy atom. The van der Waals surface area contributed by atoms with Crippen LogP contribution in [-0.2, 0) is 18.3 Å². The van der Waals surface area contributed by atoms with Gasteiger partial charge in [-0.05, 0) is 25.0 Å². The van der Waals surface area contributed by atoms with E-state index in [1.54, 1.807) is 0 Å². The predicted molar refractivity (Wildman–Crippen MR) is 97.1 cm³/mol. The molecule has 5 nitrogen and oxygen atoms in total. The van der Waals surface area contributed by atoms with Crippen LogP contribution in [0.1, 0.15) is 16.7 Å². The Hall–Kier alpha value is -2.60. The minimum atomic E-state index is -0.144. The van der Waals surface area contributed by atoms with E-state index in [1.165, 1.54) is 16.9 Å². The predicted octanol–water partition coefficient (Wildman–Crippen LogP) is 3.26. The number of amides is 1. The standard InChI is InChI=1S/C19H18N2O3S/c1-11-4-5-13(12(2)6-11)7-18(22)20-19-21(3)14-8-15-16(24-10-23-15)9-17(14)25-19/h4-6,8-9H,7,10H2,1-3H3. The van der Waals surface area contributed by atoms with E-state index >= 15 is 0 Å². The van der Waals surface area contributed by atoms with E-state index in [1.807, 2.05) is 49.7 Å². The number of thiazole rings is 1. The van der Waals surface area contributed by atoms with E-state index < -0.39 is 0 Å². The number of carbonyl (C=O) groups is 1. The number of rotatable bonds is 2.